The van der Waals surface area contributed by atoms with E-state index in [-0.39, 0.29) is 0 Å². The fourth-order valence-corrected chi connectivity index (χ4v) is 1.17. The van der Waals surface area contributed by atoms with Crippen molar-refractivity contribution in [3.63, 3.8) is 0 Å². The molecule has 1 nitrogen and oxygen atoms in total. The van der Waals surface area contributed by atoms with Gasteiger partial charge in [-0.3, -0.25) is 4.79 Å². The van der Waals surface area contributed by atoms with Gasteiger partial charge in [0, 0.05) is 0 Å². The number of carbonyl (C=O) groups is 1. The highest BCUT2D eigenvalue weighted by atomic mass is 16.1. The molecular weight excluding hydrogens is 160 g/mol. The predicted octanol–water partition coefficient (Wildman–Crippen LogP) is 3.43. The maximum absolute atomic E-state index is 10.3. The van der Waals surface area contributed by atoms with E-state index in [9.17, 15) is 4.79 Å². The van der Waals surface area contributed by atoms with E-state index < -0.39 is 0 Å². The third-order valence-corrected chi connectivity index (χ3v) is 1.62. The number of hydrogen-bond acceptors (Lipinski definition) is 1. The summed E-state index contributed by atoms with van der Waals surface area (Å²) in [6, 6.07) is 0. The largest absolute Gasteiger partial charge is 0.298 e. The van der Waals surface area contributed by atoms with Crippen LogP contribution in [-0.2, 0) is 4.79 Å². The highest BCUT2D eigenvalue weighted by molar-refractivity contribution is 5.73. The molecule has 0 fully saturated rings. The standard InChI is InChI=1S/C12H18O/c1-5-6-10(2)7-11(3)8-12(4)9-13/h6-9H,5H2,1-4H3/b10-6+,11-7+,12-8+. The van der Waals surface area contributed by atoms with E-state index in [0.717, 1.165) is 23.9 Å². The molecular formula is C12H18O. The molecule has 0 aliphatic heterocycles. The smallest absolute Gasteiger partial charge is 0.145 e. The number of rotatable bonds is 4. The molecule has 0 bridgehead atoms. The predicted molar refractivity (Wildman–Crippen MR) is 57.6 cm³/mol. The van der Waals surface area contributed by atoms with Crippen LogP contribution in [0.4, 0.5) is 0 Å². The van der Waals surface area contributed by atoms with Crippen LogP contribution in [0.15, 0.2) is 34.9 Å². The zero-order chi connectivity index (χ0) is 10.3. The first kappa shape index (κ1) is 11.9. The van der Waals surface area contributed by atoms with Crippen molar-refractivity contribution in [3.8, 4) is 0 Å². The van der Waals surface area contributed by atoms with Gasteiger partial charge in [-0.25, -0.2) is 0 Å². The zero-order valence-corrected chi connectivity index (χ0v) is 8.92. The molecule has 1 heteroatoms. The van der Waals surface area contributed by atoms with E-state index in [2.05, 4.69) is 26.0 Å². The van der Waals surface area contributed by atoms with E-state index >= 15 is 0 Å². The van der Waals surface area contributed by atoms with Crippen LogP contribution in [0.5, 0.6) is 0 Å². The fourth-order valence-electron chi connectivity index (χ4n) is 1.17. The Balaban J connectivity index is 4.50. The molecule has 0 saturated heterocycles. The van der Waals surface area contributed by atoms with Crippen molar-refractivity contribution in [1.29, 1.82) is 0 Å². The molecule has 0 heterocycles. The summed E-state index contributed by atoms with van der Waals surface area (Å²) >= 11 is 0. The van der Waals surface area contributed by atoms with E-state index in [1.807, 2.05) is 19.9 Å². The first-order valence-corrected chi connectivity index (χ1v) is 4.58. The van der Waals surface area contributed by atoms with Gasteiger partial charge < -0.3 is 0 Å². The summed E-state index contributed by atoms with van der Waals surface area (Å²) in [7, 11) is 0. The Morgan fingerprint density at radius 2 is 1.54 bits per heavy atom. The summed E-state index contributed by atoms with van der Waals surface area (Å²) in [6.07, 6.45) is 8.05. The number of aldehydes is 1. The second kappa shape index (κ2) is 6.41. The molecule has 0 aliphatic rings. The minimum absolute atomic E-state index is 0.762. The topological polar surface area (TPSA) is 17.1 Å². The molecule has 0 atom stereocenters. The molecule has 0 aliphatic carbocycles. The van der Waals surface area contributed by atoms with Gasteiger partial charge in [0.15, 0.2) is 0 Å². The summed E-state index contributed by atoms with van der Waals surface area (Å²) in [5, 5.41) is 0. The lowest BCUT2D eigenvalue weighted by atomic mass is 10.1. The van der Waals surface area contributed by atoms with Gasteiger partial charge in [0.05, 0.1) is 0 Å². The van der Waals surface area contributed by atoms with Crippen molar-refractivity contribution >= 4 is 6.29 Å². The molecule has 0 amide bonds. The van der Waals surface area contributed by atoms with E-state index in [1.54, 1.807) is 0 Å². The van der Waals surface area contributed by atoms with Gasteiger partial charge in [-0.1, -0.05) is 36.3 Å². The Bertz CT molecular complexity index is 254. The van der Waals surface area contributed by atoms with Crippen LogP contribution < -0.4 is 0 Å². The highest BCUT2D eigenvalue weighted by Crippen LogP contribution is 2.05. The van der Waals surface area contributed by atoms with Crippen LogP contribution in [0, 0.1) is 0 Å². The van der Waals surface area contributed by atoms with Crippen LogP contribution in [0.2, 0.25) is 0 Å². The van der Waals surface area contributed by atoms with Crippen molar-refractivity contribution in [1.82, 2.24) is 0 Å². The monoisotopic (exact) mass is 178 g/mol. The lowest BCUT2D eigenvalue weighted by Crippen LogP contribution is -1.79. The minimum atomic E-state index is 0.762. The lowest BCUT2D eigenvalue weighted by Gasteiger charge is -1.95. The summed E-state index contributed by atoms with van der Waals surface area (Å²) in [5.41, 5.74) is 3.12. The van der Waals surface area contributed by atoms with E-state index in [0.29, 0.717) is 0 Å². The Morgan fingerprint density at radius 3 is 2.00 bits per heavy atom. The minimum Gasteiger partial charge on any atom is -0.298 e. The maximum atomic E-state index is 10.3. The molecule has 0 unspecified atom stereocenters. The summed E-state index contributed by atoms with van der Waals surface area (Å²) in [6.45, 7) is 7.99. The van der Waals surface area contributed by atoms with Crippen LogP contribution in [-0.4, -0.2) is 6.29 Å². The van der Waals surface area contributed by atoms with E-state index in [4.69, 9.17) is 0 Å². The number of allylic oxidation sites excluding steroid dienone is 6. The second-order valence-corrected chi connectivity index (χ2v) is 3.25. The Kier molecular flexibility index (Phi) is 5.86. The zero-order valence-electron chi connectivity index (χ0n) is 8.92. The van der Waals surface area contributed by atoms with Crippen molar-refractivity contribution in [3.05, 3.63) is 34.9 Å². The second-order valence-electron chi connectivity index (χ2n) is 3.25. The van der Waals surface area contributed by atoms with E-state index in [1.165, 1.54) is 5.57 Å². The molecule has 72 valence electrons. The van der Waals surface area contributed by atoms with Crippen LogP contribution >= 0.6 is 0 Å². The van der Waals surface area contributed by atoms with Crippen LogP contribution in [0.3, 0.4) is 0 Å². The third-order valence-electron chi connectivity index (χ3n) is 1.62. The van der Waals surface area contributed by atoms with Gasteiger partial charge in [0.25, 0.3) is 0 Å². The number of hydrogen-bond donors (Lipinski definition) is 0. The maximum Gasteiger partial charge on any atom is 0.145 e. The van der Waals surface area contributed by atoms with Crippen molar-refractivity contribution in [2.45, 2.75) is 34.1 Å². The van der Waals surface area contributed by atoms with Gasteiger partial charge in [-0.15, -0.1) is 0 Å². The molecule has 0 spiro atoms. The summed E-state index contributed by atoms with van der Waals surface area (Å²) in [4.78, 5) is 10.3. The molecule has 0 N–H and O–H groups in total. The van der Waals surface area contributed by atoms with Crippen LogP contribution in [0.25, 0.3) is 0 Å². The average molecular weight is 178 g/mol. The molecule has 0 aromatic carbocycles. The van der Waals surface area contributed by atoms with Gasteiger partial charge >= 0.3 is 0 Å². The van der Waals surface area contributed by atoms with Gasteiger partial charge in [0.2, 0.25) is 0 Å². The quantitative estimate of drug-likeness (QED) is 0.366. The lowest BCUT2D eigenvalue weighted by molar-refractivity contribution is -0.104. The molecule has 0 radical (unpaired) electrons. The normalized spacial score (nSPS) is 14.6. The Hall–Kier alpha value is -1.11. The Labute approximate surface area is 80.8 Å². The van der Waals surface area contributed by atoms with Gasteiger partial charge in [0.1, 0.15) is 6.29 Å². The fraction of sp³-hybridized carbons (Fsp3) is 0.417. The molecule has 0 aromatic heterocycles. The Morgan fingerprint density at radius 1 is 1.00 bits per heavy atom. The molecule has 0 aromatic rings. The van der Waals surface area contributed by atoms with Crippen molar-refractivity contribution in [2.24, 2.45) is 0 Å². The van der Waals surface area contributed by atoms with Crippen molar-refractivity contribution in [2.75, 3.05) is 0 Å². The third kappa shape index (κ3) is 6.09. The first-order chi connectivity index (χ1) is 6.10. The summed E-state index contributed by atoms with van der Waals surface area (Å²) < 4.78 is 0. The van der Waals surface area contributed by atoms with Crippen molar-refractivity contribution < 1.29 is 4.79 Å². The molecule has 13 heavy (non-hydrogen) atoms. The van der Waals surface area contributed by atoms with Gasteiger partial charge in [-0.2, -0.15) is 0 Å². The summed E-state index contributed by atoms with van der Waals surface area (Å²) in [5.74, 6) is 0. The first-order valence-electron chi connectivity index (χ1n) is 4.58. The SMILES string of the molecule is CC/C=C(C)/C=C(C)/C=C(\C)C=O. The molecule has 0 saturated carbocycles. The highest BCUT2D eigenvalue weighted by Gasteiger charge is 1.87. The van der Waals surface area contributed by atoms with Gasteiger partial charge in [-0.05, 0) is 32.8 Å². The molecule has 0 rings (SSSR count). The van der Waals surface area contributed by atoms with Crippen LogP contribution in [0.1, 0.15) is 34.1 Å². The average Bonchev–Trinajstić information content (AvgIpc) is 2.04. The number of carbonyl (C=O) groups excluding carboxylic acids is 1.